The summed E-state index contributed by atoms with van der Waals surface area (Å²) in [6.45, 7) is 4.56. The van der Waals surface area contributed by atoms with Gasteiger partial charge in [-0.3, -0.25) is 9.40 Å². The molecule has 0 saturated heterocycles. The molecule has 7 nitrogen and oxygen atoms in total. The number of hydrogen-bond donors (Lipinski definition) is 1. The van der Waals surface area contributed by atoms with E-state index < -0.39 is 10.0 Å². The smallest absolute Gasteiger partial charge is 0.262 e. The highest BCUT2D eigenvalue weighted by Gasteiger charge is 2.22. The maximum absolute atomic E-state index is 12.7. The molecule has 1 N–H and O–H groups in total. The predicted octanol–water partition coefficient (Wildman–Crippen LogP) is 3.14. The maximum Gasteiger partial charge on any atom is 0.262 e. The molecule has 3 aromatic rings. The Bertz CT molecular complexity index is 1110. The van der Waals surface area contributed by atoms with Crippen LogP contribution in [-0.2, 0) is 16.6 Å². The van der Waals surface area contributed by atoms with Gasteiger partial charge in [-0.15, -0.1) is 0 Å². The summed E-state index contributed by atoms with van der Waals surface area (Å²) >= 11 is 0. The first-order valence-corrected chi connectivity index (χ1v) is 10.4. The van der Waals surface area contributed by atoms with E-state index in [9.17, 15) is 8.42 Å². The molecule has 0 radical (unpaired) electrons. The third-order valence-corrected chi connectivity index (χ3v) is 6.01. The number of sulfonamides is 1. The van der Waals surface area contributed by atoms with Crippen molar-refractivity contribution in [2.45, 2.75) is 31.4 Å². The maximum atomic E-state index is 12.7. The molecule has 1 atom stereocenters. The lowest BCUT2D eigenvalue weighted by molar-refractivity contribution is 0.0759. The van der Waals surface area contributed by atoms with Crippen LogP contribution in [-0.4, -0.2) is 30.9 Å². The van der Waals surface area contributed by atoms with Crippen LogP contribution >= 0.6 is 0 Å². The number of rotatable bonds is 5. The molecule has 0 fully saturated rings. The SMILES string of the molecule is Cc1ccc(S(=O)(=O)Nc2cnn(CC3COc4ccccc4O3)c2)c(C)c1. The average Bonchev–Trinajstić information content (AvgIpc) is 3.07. The molecule has 0 amide bonds. The van der Waals surface area contributed by atoms with Crippen LogP contribution in [0.25, 0.3) is 0 Å². The van der Waals surface area contributed by atoms with E-state index in [1.165, 1.54) is 6.20 Å². The molecule has 2 aromatic carbocycles. The van der Waals surface area contributed by atoms with Crippen LogP contribution in [0.3, 0.4) is 0 Å². The van der Waals surface area contributed by atoms with Crippen molar-refractivity contribution in [2.24, 2.45) is 0 Å². The molecule has 0 aliphatic carbocycles. The first kappa shape index (κ1) is 18.4. The summed E-state index contributed by atoms with van der Waals surface area (Å²) in [6, 6.07) is 12.7. The first-order chi connectivity index (χ1) is 13.4. The van der Waals surface area contributed by atoms with E-state index in [1.54, 1.807) is 29.9 Å². The summed E-state index contributed by atoms with van der Waals surface area (Å²) in [4.78, 5) is 0.256. The molecule has 1 aliphatic heterocycles. The molecular weight excluding hydrogens is 378 g/mol. The number of aryl methyl sites for hydroxylation is 2. The largest absolute Gasteiger partial charge is 0.486 e. The molecule has 28 heavy (non-hydrogen) atoms. The Labute approximate surface area is 164 Å². The number of ether oxygens (including phenoxy) is 2. The summed E-state index contributed by atoms with van der Waals surface area (Å²) in [5.74, 6) is 1.42. The van der Waals surface area contributed by atoms with Crippen molar-refractivity contribution in [3.8, 4) is 11.5 Å². The lowest BCUT2D eigenvalue weighted by Gasteiger charge is -2.26. The Balaban J connectivity index is 1.45. The Kier molecular flexibility index (Phi) is 4.72. The van der Waals surface area contributed by atoms with Gasteiger partial charge in [-0.1, -0.05) is 29.8 Å². The number of hydrogen-bond acceptors (Lipinski definition) is 5. The second kappa shape index (κ2) is 7.20. The predicted molar refractivity (Wildman–Crippen MR) is 105 cm³/mol. The van der Waals surface area contributed by atoms with Crippen LogP contribution in [0.5, 0.6) is 11.5 Å². The normalized spacial score (nSPS) is 16.0. The van der Waals surface area contributed by atoms with Crippen molar-refractivity contribution in [3.05, 3.63) is 66.0 Å². The summed E-state index contributed by atoms with van der Waals surface area (Å²) in [5, 5.41) is 4.23. The van der Waals surface area contributed by atoms with Crippen LogP contribution in [0.2, 0.25) is 0 Å². The molecule has 1 aromatic heterocycles. The van der Waals surface area contributed by atoms with Crippen LogP contribution in [0.15, 0.2) is 59.8 Å². The molecule has 0 spiro atoms. The van der Waals surface area contributed by atoms with Gasteiger partial charge in [0.25, 0.3) is 10.0 Å². The zero-order valence-corrected chi connectivity index (χ0v) is 16.4. The van der Waals surface area contributed by atoms with Gasteiger partial charge in [0.15, 0.2) is 17.6 Å². The number of benzene rings is 2. The Hall–Kier alpha value is -3.00. The highest BCUT2D eigenvalue weighted by Crippen LogP contribution is 2.31. The lowest BCUT2D eigenvalue weighted by Crippen LogP contribution is -2.33. The number of fused-ring (bicyclic) bond motifs is 1. The van der Waals surface area contributed by atoms with Gasteiger partial charge >= 0.3 is 0 Å². The molecule has 1 unspecified atom stereocenters. The van der Waals surface area contributed by atoms with Crippen molar-refractivity contribution >= 4 is 15.7 Å². The fourth-order valence-electron chi connectivity index (χ4n) is 3.19. The molecule has 4 rings (SSSR count). The monoisotopic (exact) mass is 399 g/mol. The van der Waals surface area contributed by atoms with E-state index in [4.69, 9.17) is 9.47 Å². The van der Waals surface area contributed by atoms with Crippen molar-refractivity contribution in [1.29, 1.82) is 0 Å². The Morgan fingerprint density at radius 3 is 2.75 bits per heavy atom. The number of anilines is 1. The van der Waals surface area contributed by atoms with Crippen LogP contribution in [0.4, 0.5) is 5.69 Å². The molecule has 146 valence electrons. The van der Waals surface area contributed by atoms with Crippen LogP contribution in [0.1, 0.15) is 11.1 Å². The molecule has 1 aliphatic rings. The minimum atomic E-state index is -3.68. The van der Waals surface area contributed by atoms with Gasteiger partial charge in [0.05, 0.1) is 23.3 Å². The van der Waals surface area contributed by atoms with Gasteiger partial charge in [-0.05, 0) is 37.6 Å². The minimum Gasteiger partial charge on any atom is -0.486 e. The minimum absolute atomic E-state index is 0.210. The zero-order valence-electron chi connectivity index (χ0n) is 15.6. The second-order valence-corrected chi connectivity index (χ2v) is 8.47. The number of nitrogens with zero attached hydrogens (tertiary/aromatic N) is 2. The summed E-state index contributed by atoms with van der Waals surface area (Å²) in [7, 11) is -3.68. The number of nitrogens with one attached hydrogen (secondary N) is 1. The highest BCUT2D eigenvalue weighted by molar-refractivity contribution is 7.92. The van der Waals surface area contributed by atoms with Gasteiger partial charge in [0.2, 0.25) is 0 Å². The molecular formula is C20H21N3O4S. The van der Waals surface area contributed by atoms with E-state index in [1.807, 2.05) is 37.3 Å². The van der Waals surface area contributed by atoms with Crippen molar-refractivity contribution in [2.75, 3.05) is 11.3 Å². The van der Waals surface area contributed by atoms with E-state index in [0.717, 1.165) is 11.3 Å². The third-order valence-electron chi connectivity index (χ3n) is 4.46. The lowest BCUT2D eigenvalue weighted by atomic mass is 10.2. The van der Waals surface area contributed by atoms with Gasteiger partial charge < -0.3 is 9.47 Å². The zero-order chi connectivity index (χ0) is 19.7. The fraction of sp³-hybridized carbons (Fsp3) is 0.250. The quantitative estimate of drug-likeness (QED) is 0.713. The Morgan fingerprint density at radius 1 is 1.18 bits per heavy atom. The topological polar surface area (TPSA) is 82.5 Å². The van der Waals surface area contributed by atoms with Gasteiger partial charge in [0.1, 0.15) is 6.61 Å². The summed E-state index contributed by atoms with van der Waals surface area (Å²) in [5.41, 5.74) is 2.11. The molecule has 0 bridgehead atoms. The van der Waals surface area contributed by atoms with Crippen molar-refractivity contribution in [1.82, 2.24) is 9.78 Å². The van der Waals surface area contributed by atoms with E-state index in [-0.39, 0.29) is 11.0 Å². The summed E-state index contributed by atoms with van der Waals surface area (Å²) in [6.07, 6.45) is 2.92. The molecule has 8 heteroatoms. The first-order valence-electron chi connectivity index (χ1n) is 8.92. The van der Waals surface area contributed by atoms with Gasteiger partial charge in [-0.25, -0.2) is 8.42 Å². The number of aromatic nitrogens is 2. The Morgan fingerprint density at radius 2 is 1.96 bits per heavy atom. The molecule has 2 heterocycles. The van der Waals surface area contributed by atoms with E-state index in [2.05, 4.69) is 9.82 Å². The molecule has 0 saturated carbocycles. The summed E-state index contributed by atoms with van der Waals surface area (Å²) < 4.78 is 41.2. The van der Waals surface area contributed by atoms with Crippen molar-refractivity contribution < 1.29 is 17.9 Å². The second-order valence-electron chi connectivity index (χ2n) is 6.82. The standard InChI is InChI=1S/C20H21N3O4S/c1-14-7-8-20(15(2)9-14)28(24,25)22-16-10-21-23(11-16)12-17-13-26-18-5-3-4-6-19(18)27-17/h3-11,17,22H,12-13H2,1-2H3. The van der Waals surface area contributed by atoms with Crippen molar-refractivity contribution in [3.63, 3.8) is 0 Å². The number of para-hydroxylation sites is 2. The van der Waals surface area contributed by atoms with Gasteiger partial charge in [-0.2, -0.15) is 5.10 Å². The van der Waals surface area contributed by atoms with E-state index >= 15 is 0 Å². The van der Waals surface area contributed by atoms with E-state index in [0.29, 0.717) is 30.2 Å². The third kappa shape index (κ3) is 3.82. The highest BCUT2D eigenvalue weighted by atomic mass is 32.2. The van der Waals surface area contributed by atoms with Gasteiger partial charge in [0, 0.05) is 6.20 Å². The van der Waals surface area contributed by atoms with Crippen LogP contribution < -0.4 is 14.2 Å². The van der Waals surface area contributed by atoms with Crippen LogP contribution in [0, 0.1) is 13.8 Å². The fourth-order valence-corrected chi connectivity index (χ4v) is 4.44. The average molecular weight is 399 g/mol.